The molecule has 0 amide bonds. The lowest BCUT2D eigenvalue weighted by atomic mass is 10.0. The lowest BCUT2D eigenvalue weighted by molar-refractivity contribution is 0.0601. The Labute approximate surface area is 229 Å². The molecule has 0 aliphatic heterocycles. The van der Waals surface area contributed by atoms with Crippen LogP contribution in [0.4, 0.5) is 5.00 Å². The number of nitrogens with zero attached hydrogens (tertiary/aromatic N) is 1. The molecule has 2 aromatic heterocycles. The van der Waals surface area contributed by atoms with Crippen molar-refractivity contribution in [2.24, 2.45) is 0 Å². The molecule has 0 unspecified atom stereocenters. The highest BCUT2D eigenvalue weighted by Crippen LogP contribution is 2.39. The number of halogens is 2. The molecule has 0 saturated heterocycles. The lowest BCUT2D eigenvalue weighted by Gasteiger charge is -2.10. The van der Waals surface area contributed by atoms with E-state index in [2.05, 4.69) is 48.6 Å². The summed E-state index contributed by atoms with van der Waals surface area (Å²) in [6.45, 7) is 4.64. The first-order valence-corrected chi connectivity index (χ1v) is 13.3. The molecular weight excluding hydrogens is 527 g/mol. The molecule has 3 aromatic carbocycles. The zero-order chi connectivity index (χ0) is 26.1. The van der Waals surface area contributed by atoms with Crippen molar-refractivity contribution in [3.8, 4) is 22.4 Å². The van der Waals surface area contributed by atoms with E-state index in [9.17, 15) is 4.79 Å². The Morgan fingerprint density at radius 3 is 2.49 bits per heavy atom. The van der Waals surface area contributed by atoms with Crippen molar-refractivity contribution < 1.29 is 14.1 Å². The molecule has 0 saturated carbocycles. The first-order valence-electron chi connectivity index (χ1n) is 11.7. The highest BCUT2D eigenvalue weighted by atomic mass is 35.5. The van der Waals surface area contributed by atoms with E-state index in [4.69, 9.17) is 32.5 Å². The highest BCUT2D eigenvalue weighted by Gasteiger charge is 2.23. The molecular formula is C29H24Cl2N2O3S. The van der Waals surface area contributed by atoms with Crippen molar-refractivity contribution in [1.29, 1.82) is 0 Å². The number of thiophene rings is 1. The van der Waals surface area contributed by atoms with E-state index in [1.54, 1.807) is 29.5 Å². The minimum absolute atomic E-state index is 0.144. The SMILES string of the molecule is COC(=O)c1cccc(-c2ccc3cc(NCc4c(-c5c(Cl)cccc5Cl)noc4C(C)C)sc3c2)c1. The van der Waals surface area contributed by atoms with Gasteiger partial charge in [0.25, 0.3) is 0 Å². The van der Waals surface area contributed by atoms with Crippen molar-refractivity contribution in [1.82, 2.24) is 5.16 Å². The zero-order valence-electron chi connectivity index (χ0n) is 20.5. The molecule has 0 spiro atoms. The molecule has 0 aliphatic rings. The Morgan fingerprint density at radius 1 is 1.03 bits per heavy atom. The van der Waals surface area contributed by atoms with Gasteiger partial charge in [0.1, 0.15) is 11.5 Å². The molecule has 5 nitrogen and oxygen atoms in total. The van der Waals surface area contributed by atoms with E-state index in [0.717, 1.165) is 37.5 Å². The minimum Gasteiger partial charge on any atom is -0.465 e. The fourth-order valence-corrected chi connectivity index (χ4v) is 5.86. The van der Waals surface area contributed by atoms with Crippen LogP contribution in [0.2, 0.25) is 10.0 Å². The standard InChI is InChI=1S/C29H24Cl2N2O3S/c1-16(2)28-21(27(33-36-28)26-22(30)8-5-9-23(26)31)15-32-25-14-19-11-10-18(13-24(19)37-25)17-6-4-7-20(12-17)29(34)35-3/h4-14,16,32H,15H2,1-3H3. The Kier molecular flexibility index (Phi) is 7.24. The van der Waals surface area contributed by atoms with Crippen molar-refractivity contribution >= 4 is 55.6 Å². The molecule has 8 heteroatoms. The maximum Gasteiger partial charge on any atom is 0.337 e. The number of carbonyl (C=O) groups is 1. The van der Waals surface area contributed by atoms with Gasteiger partial charge in [0.2, 0.25) is 0 Å². The zero-order valence-corrected chi connectivity index (χ0v) is 22.8. The molecule has 5 rings (SSSR count). The number of aromatic nitrogens is 1. The summed E-state index contributed by atoms with van der Waals surface area (Å²) in [5.41, 5.74) is 4.78. The number of carbonyl (C=O) groups excluding carboxylic acids is 1. The quantitative estimate of drug-likeness (QED) is 0.205. The molecule has 2 heterocycles. The number of benzene rings is 3. The average Bonchev–Trinajstić information content (AvgIpc) is 3.50. The molecule has 37 heavy (non-hydrogen) atoms. The summed E-state index contributed by atoms with van der Waals surface area (Å²) >= 11 is 14.6. The Balaban J connectivity index is 1.44. The third kappa shape index (κ3) is 5.10. The summed E-state index contributed by atoms with van der Waals surface area (Å²) < 4.78 is 11.7. The Hall–Kier alpha value is -3.32. The van der Waals surface area contributed by atoms with Crippen LogP contribution in [0.15, 0.2) is 71.3 Å². The van der Waals surface area contributed by atoms with Gasteiger partial charge >= 0.3 is 5.97 Å². The van der Waals surface area contributed by atoms with Crippen LogP contribution >= 0.6 is 34.5 Å². The highest BCUT2D eigenvalue weighted by molar-refractivity contribution is 7.22. The van der Waals surface area contributed by atoms with E-state index in [1.165, 1.54) is 7.11 Å². The second kappa shape index (κ2) is 10.6. The second-order valence-corrected chi connectivity index (χ2v) is 10.8. The number of nitrogens with one attached hydrogen (secondary N) is 1. The van der Waals surface area contributed by atoms with Gasteiger partial charge in [0, 0.05) is 28.3 Å². The molecule has 0 fully saturated rings. The maximum atomic E-state index is 11.9. The normalized spacial score (nSPS) is 11.3. The van der Waals surface area contributed by atoms with Gasteiger partial charge in [-0.05, 0) is 52.9 Å². The van der Waals surface area contributed by atoms with Crippen LogP contribution in [0, 0.1) is 0 Å². The van der Waals surface area contributed by atoms with Crippen molar-refractivity contribution in [2.45, 2.75) is 26.3 Å². The minimum atomic E-state index is -0.350. The Morgan fingerprint density at radius 2 is 1.76 bits per heavy atom. The molecule has 188 valence electrons. The lowest BCUT2D eigenvalue weighted by Crippen LogP contribution is -2.02. The first kappa shape index (κ1) is 25.3. The number of methoxy groups -OCH3 is 1. The van der Waals surface area contributed by atoms with Crippen LogP contribution in [-0.4, -0.2) is 18.2 Å². The fraction of sp³-hybridized carbons (Fsp3) is 0.172. The van der Waals surface area contributed by atoms with Gasteiger partial charge in [-0.1, -0.05) is 72.5 Å². The number of anilines is 1. The monoisotopic (exact) mass is 550 g/mol. The number of hydrogen-bond donors (Lipinski definition) is 1. The number of ether oxygens (including phenoxy) is 1. The van der Waals surface area contributed by atoms with Crippen molar-refractivity contribution in [3.63, 3.8) is 0 Å². The molecule has 0 atom stereocenters. The summed E-state index contributed by atoms with van der Waals surface area (Å²) in [6.07, 6.45) is 0. The summed E-state index contributed by atoms with van der Waals surface area (Å²) in [5.74, 6) is 0.592. The molecule has 0 aliphatic carbocycles. The van der Waals surface area contributed by atoms with E-state index in [0.29, 0.717) is 33.4 Å². The van der Waals surface area contributed by atoms with Crippen LogP contribution in [-0.2, 0) is 11.3 Å². The second-order valence-electron chi connectivity index (χ2n) is 8.91. The number of fused-ring (bicyclic) bond motifs is 1. The van der Waals surface area contributed by atoms with Gasteiger partial charge in [-0.15, -0.1) is 11.3 Å². The Bertz CT molecular complexity index is 1590. The van der Waals surface area contributed by atoms with Gasteiger partial charge in [-0.25, -0.2) is 4.79 Å². The van der Waals surface area contributed by atoms with Gasteiger partial charge in [0.05, 0.1) is 27.7 Å². The van der Waals surface area contributed by atoms with Crippen LogP contribution in [0.5, 0.6) is 0 Å². The van der Waals surface area contributed by atoms with E-state index in [1.807, 2.05) is 24.3 Å². The first-order chi connectivity index (χ1) is 17.9. The van der Waals surface area contributed by atoms with Gasteiger partial charge in [0.15, 0.2) is 0 Å². The molecule has 1 N–H and O–H groups in total. The average molecular weight is 551 g/mol. The maximum absolute atomic E-state index is 11.9. The molecule has 0 bridgehead atoms. The molecule has 5 aromatic rings. The van der Waals surface area contributed by atoms with Gasteiger partial charge in [-0.3, -0.25) is 0 Å². The summed E-state index contributed by atoms with van der Waals surface area (Å²) in [6, 6.07) is 21.3. The third-order valence-corrected chi connectivity index (χ3v) is 7.80. The predicted molar refractivity (Wildman–Crippen MR) is 152 cm³/mol. The smallest absolute Gasteiger partial charge is 0.337 e. The number of esters is 1. The summed E-state index contributed by atoms with van der Waals surface area (Å²) in [5, 5.41) is 11.1. The fourth-order valence-electron chi connectivity index (χ4n) is 4.28. The van der Waals surface area contributed by atoms with Crippen LogP contribution in [0.3, 0.4) is 0 Å². The predicted octanol–water partition coefficient (Wildman–Crippen LogP) is 9.05. The topological polar surface area (TPSA) is 64.4 Å². The molecule has 0 radical (unpaired) electrons. The van der Waals surface area contributed by atoms with Crippen molar-refractivity contribution in [3.05, 3.63) is 93.7 Å². The third-order valence-electron chi connectivity index (χ3n) is 6.12. The number of hydrogen-bond acceptors (Lipinski definition) is 6. The largest absolute Gasteiger partial charge is 0.465 e. The van der Waals surface area contributed by atoms with Crippen LogP contribution in [0.25, 0.3) is 32.5 Å². The summed E-state index contributed by atoms with van der Waals surface area (Å²) in [7, 11) is 1.39. The van der Waals surface area contributed by atoms with E-state index >= 15 is 0 Å². The van der Waals surface area contributed by atoms with E-state index in [-0.39, 0.29) is 11.9 Å². The summed E-state index contributed by atoms with van der Waals surface area (Å²) in [4.78, 5) is 11.9. The number of rotatable bonds is 7. The van der Waals surface area contributed by atoms with Crippen LogP contribution in [0.1, 0.15) is 41.4 Å². The van der Waals surface area contributed by atoms with Crippen molar-refractivity contribution in [2.75, 3.05) is 12.4 Å². The van der Waals surface area contributed by atoms with Gasteiger partial charge in [-0.2, -0.15) is 0 Å². The van der Waals surface area contributed by atoms with E-state index < -0.39 is 0 Å². The van der Waals surface area contributed by atoms with Gasteiger partial charge < -0.3 is 14.6 Å². The van der Waals surface area contributed by atoms with Crippen LogP contribution < -0.4 is 5.32 Å².